The van der Waals surface area contributed by atoms with Crippen LogP contribution in [0.25, 0.3) is 0 Å². The van der Waals surface area contributed by atoms with Gasteiger partial charge in [0.15, 0.2) is 0 Å². The van der Waals surface area contributed by atoms with Crippen molar-refractivity contribution in [3.63, 3.8) is 0 Å². The van der Waals surface area contributed by atoms with Crippen LogP contribution in [0.2, 0.25) is 0 Å². The number of carbonyl (C=O) groups excluding carboxylic acids is 1. The molecule has 5 nitrogen and oxygen atoms in total. The van der Waals surface area contributed by atoms with Crippen molar-refractivity contribution < 1.29 is 23.8 Å². The molecule has 1 heterocycles. The Balaban J connectivity index is 2.11. The summed E-state index contributed by atoms with van der Waals surface area (Å²) in [5.41, 5.74) is -1.57. The number of halogens is 1. The van der Waals surface area contributed by atoms with Gasteiger partial charge in [0.05, 0.1) is 20.2 Å². The molecule has 116 valence electrons. The van der Waals surface area contributed by atoms with Gasteiger partial charge in [-0.05, 0) is 39.0 Å². The first kappa shape index (κ1) is 15.6. The van der Waals surface area contributed by atoms with Crippen LogP contribution in [0.15, 0.2) is 18.2 Å². The molecule has 0 unspecified atom stereocenters. The number of methoxy groups -OCH3 is 1. The fourth-order valence-electron chi connectivity index (χ4n) is 2.25. The topological polar surface area (TPSA) is 59.0 Å². The van der Waals surface area contributed by atoms with Crippen molar-refractivity contribution in [1.82, 2.24) is 4.90 Å². The van der Waals surface area contributed by atoms with Crippen molar-refractivity contribution in [3.05, 3.63) is 29.6 Å². The summed E-state index contributed by atoms with van der Waals surface area (Å²) in [6.07, 6.45) is -0.498. The van der Waals surface area contributed by atoms with E-state index in [2.05, 4.69) is 0 Å². The largest absolute Gasteiger partial charge is 0.496 e. The van der Waals surface area contributed by atoms with E-state index in [1.165, 1.54) is 30.2 Å². The van der Waals surface area contributed by atoms with Crippen LogP contribution in [0.5, 0.6) is 5.75 Å². The second-order valence-corrected chi connectivity index (χ2v) is 6.21. The molecule has 0 atom stereocenters. The molecule has 21 heavy (non-hydrogen) atoms. The smallest absolute Gasteiger partial charge is 0.410 e. The molecule has 0 aromatic heterocycles. The van der Waals surface area contributed by atoms with Crippen molar-refractivity contribution in [2.24, 2.45) is 0 Å². The van der Waals surface area contributed by atoms with Crippen LogP contribution in [0.3, 0.4) is 0 Å². The van der Waals surface area contributed by atoms with E-state index in [1.807, 2.05) is 0 Å². The summed E-state index contributed by atoms with van der Waals surface area (Å²) in [6, 6.07) is 3.94. The molecule has 1 fully saturated rings. The van der Waals surface area contributed by atoms with Crippen LogP contribution in [0.1, 0.15) is 26.3 Å². The Morgan fingerprint density at radius 3 is 2.52 bits per heavy atom. The predicted molar refractivity (Wildman–Crippen MR) is 74.7 cm³/mol. The van der Waals surface area contributed by atoms with E-state index in [0.717, 1.165) is 0 Å². The maximum atomic E-state index is 13.4. The average molecular weight is 297 g/mol. The highest BCUT2D eigenvalue weighted by molar-refractivity contribution is 5.70. The summed E-state index contributed by atoms with van der Waals surface area (Å²) in [5, 5.41) is 10.5. The molecule has 0 aliphatic carbocycles. The molecular weight excluding hydrogens is 277 g/mol. The zero-order valence-corrected chi connectivity index (χ0v) is 12.6. The molecular formula is C15H20FNO4. The molecule has 1 aliphatic heterocycles. The third kappa shape index (κ3) is 3.26. The van der Waals surface area contributed by atoms with Gasteiger partial charge in [-0.2, -0.15) is 0 Å². The van der Waals surface area contributed by atoms with Gasteiger partial charge in [0, 0.05) is 5.56 Å². The number of amides is 1. The molecule has 2 rings (SSSR count). The molecule has 0 bridgehead atoms. The molecule has 1 amide bonds. The number of carbonyl (C=O) groups is 1. The number of aliphatic hydroxyl groups is 1. The number of hydrogen-bond acceptors (Lipinski definition) is 4. The second kappa shape index (κ2) is 5.18. The van der Waals surface area contributed by atoms with Crippen LogP contribution in [-0.2, 0) is 10.3 Å². The Labute approximate surface area is 123 Å². The predicted octanol–water partition coefficient (Wildman–Crippen LogP) is 2.27. The van der Waals surface area contributed by atoms with Gasteiger partial charge >= 0.3 is 6.09 Å². The highest BCUT2D eigenvalue weighted by atomic mass is 19.1. The first-order valence-corrected chi connectivity index (χ1v) is 6.69. The lowest BCUT2D eigenvalue weighted by Gasteiger charge is -2.46. The van der Waals surface area contributed by atoms with Gasteiger partial charge in [0.1, 0.15) is 22.8 Å². The fraction of sp³-hybridized carbons (Fsp3) is 0.533. The summed E-state index contributed by atoms with van der Waals surface area (Å²) in [6.45, 7) is 5.40. The molecule has 0 saturated carbocycles. The number of hydrogen-bond donors (Lipinski definition) is 1. The number of benzene rings is 1. The van der Waals surface area contributed by atoms with E-state index >= 15 is 0 Å². The highest BCUT2D eigenvalue weighted by Crippen LogP contribution is 2.38. The summed E-state index contributed by atoms with van der Waals surface area (Å²) >= 11 is 0. The van der Waals surface area contributed by atoms with Crippen LogP contribution in [0, 0.1) is 5.82 Å². The number of nitrogens with zero attached hydrogens (tertiary/aromatic N) is 1. The van der Waals surface area contributed by atoms with Gasteiger partial charge in [-0.1, -0.05) is 0 Å². The van der Waals surface area contributed by atoms with E-state index in [0.29, 0.717) is 11.3 Å². The molecule has 1 N–H and O–H groups in total. The minimum atomic E-state index is -1.32. The normalized spacial score (nSPS) is 17.1. The number of rotatable bonds is 2. The lowest BCUT2D eigenvalue weighted by atomic mass is 9.85. The summed E-state index contributed by atoms with van der Waals surface area (Å²) in [7, 11) is 1.45. The monoisotopic (exact) mass is 297 g/mol. The van der Waals surface area contributed by atoms with Gasteiger partial charge in [-0.3, -0.25) is 0 Å². The van der Waals surface area contributed by atoms with Gasteiger partial charge in [-0.15, -0.1) is 0 Å². The number of β-amino-alcohol motifs (C(OH)–C–C–N with tert-alkyl or cyclic N) is 1. The Morgan fingerprint density at radius 1 is 1.38 bits per heavy atom. The third-order valence-corrected chi connectivity index (χ3v) is 3.22. The van der Waals surface area contributed by atoms with Crippen LogP contribution in [0.4, 0.5) is 9.18 Å². The van der Waals surface area contributed by atoms with Crippen LogP contribution in [-0.4, -0.2) is 41.9 Å². The van der Waals surface area contributed by atoms with Gasteiger partial charge in [0.2, 0.25) is 0 Å². The molecule has 1 aromatic carbocycles. The Kier molecular flexibility index (Phi) is 3.84. The number of likely N-dealkylation sites (tertiary alicyclic amines) is 1. The first-order valence-electron chi connectivity index (χ1n) is 6.69. The van der Waals surface area contributed by atoms with E-state index in [1.54, 1.807) is 20.8 Å². The van der Waals surface area contributed by atoms with Crippen molar-refractivity contribution in [2.45, 2.75) is 32.0 Å². The van der Waals surface area contributed by atoms with E-state index in [9.17, 15) is 14.3 Å². The van der Waals surface area contributed by atoms with Crippen molar-refractivity contribution in [1.29, 1.82) is 0 Å². The zero-order chi connectivity index (χ0) is 15.8. The van der Waals surface area contributed by atoms with E-state index in [4.69, 9.17) is 9.47 Å². The summed E-state index contributed by atoms with van der Waals surface area (Å²) < 4.78 is 23.7. The molecule has 1 saturated heterocycles. The highest BCUT2D eigenvalue weighted by Gasteiger charge is 2.48. The summed E-state index contributed by atoms with van der Waals surface area (Å²) in [4.78, 5) is 13.2. The van der Waals surface area contributed by atoms with E-state index < -0.39 is 23.1 Å². The first-order chi connectivity index (χ1) is 9.64. The van der Waals surface area contributed by atoms with Crippen molar-refractivity contribution >= 4 is 6.09 Å². The van der Waals surface area contributed by atoms with Gasteiger partial charge in [0.25, 0.3) is 0 Å². The Bertz CT molecular complexity index is 547. The van der Waals surface area contributed by atoms with E-state index in [-0.39, 0.29) is 13.1 Å². The van der Waals surface area contributed by atoms with Crippen LogP contribution >= 0.6 is 0 Å². The Hall–Kier alpha value is -1.82. The lowest BCUT2D eigenvalue weighted by molar-refractivity contribution is -0.104. The minimum Gasteiger partial charge on any atom is -0.496 e. The summed E-state index contributed by atoms with van der Waals surface area (Å²) in [5.74, 6) is -0.0716. The zero-order valence-electron chi connectivity index (χ0n) is 12.6. The average Bonchev–Trinajstić information content (AvgIpc) is 2.32. The standard InChI is InChI=1S/C15H20FNO4/c1-14(2,3)21-13(18)17-8-15(19,9-17)11-7-10(16)5-6-12(11)20-4/h5-7,19H,8-9H2,1-4H3. The maximum absolute atomic E-state index is 13.4. The van der Waals surface area contributed by atoms with Gasteiger partial charge < -0.3 is 19.5 Å². The van der Waals surface area contributed by atoms with Crippen LogP contribution < -0.4 is 4.74 Å². The molecule has 1 aliphatic rings. The molecule has 6 heteroatoms. The molecule has 0 spiro atoms. The SMILES string of the molecule is COc1ccc(F)cc1C1(O)CN(C(=O)OC(C)(C)C)C1. The van der Waals surface area contributed by atoms with Gasteiger partial charge in [-0.25, -0.2) is 9.18 Å². The maximum Gasteiger partial charge on any atom is 0.410 e. The molecule has 0 radical (unpaired) electrons. The Morgan fingerprint density at radius 2 is 2.00 bits per heavy atom. The minimum absolute atomic E-state index is 0.0434. The van der Waals surface area contributed by atoms with Crippen molar-refractivity contribution in [2.75, 3.05) is 20.2 Å². The number of ether oxygens (including phenoxy) is 2. The van der Waals surface area contributed by atoms with Crippen molar-refractivity contribution in [3.8, 4) is 5.75 Å². The quantitative estimate of drug-likeness (QED) is 0.910. The second-order valence-electron chi connectivity index (χ2n) is 6.21. The third-order valence-electron chi connectivity index (χ3n) is 3.22. The molecule has 1 aromatic rings. The lowest BCUT2D eigenvalue weighted by Crippen LogP contribution is -2.62. The fourth-order valence-corrected chi connectivity index (χ4v) is 2.25.